The number of rotatable bonds is 6. The Bertz CT molecular complexity index is 849. The maximum absolute atomic E-state index is 12.2. The summed E-state index contributed by atoms with van der Waals surface area (Å²) in [6.45, 7) is -0.0985. The van der Waals surface area contributed by atoms with Gasteiger partial charge >= 0.3 is 0 Å². The van der Waals surface area contributed by atoms with E-state index in [-0.39, 0.29) is 31.2 Å². The van der Waals surface area contributed by atoms with Gasteiger partial charge in [-0.25, -0.2) is 0 Å². The van der Waals surface area contributed by atoms with Gasteiger partial charge in [0.1, 0.15) is 0 Å². The molecule has 0 saturated heterocycles. The van der Waals surface area contributed by atoms with Crippen LogP contribution in [-0.4, -0.2) is 30.0 Å². The van der Waals surface area contributed by atoms with Crippen LogP contribution in [-0.2, 0) is 11.2 Å². The number of amides is 1. The molecule has 0 spiro atoms. The molecule has 2 aromatic rings. The van der Waals surface area contributed by atoms with Crippen LogP contribution in [0.15, 0.2) is 42.5 Å². The molecule has 8 heteroatoms. The molecule has 0 saturated carbocycles. The molecule has 0 atom stereocenters. The number of Topliss-reactive ketones (excluding diaryl/α,β-unsaturated/α-hetero) is 1. The Morgan fingerprint density at radius 2 is 1.88 bits per heavy atom. The van der Waals surface area contributed by atoms with Gasteiger partial charge in [0.15, 0.2) is 17.3 Å². The lowest BCUT2D eigenvalue weighted by Crippen LogP contribution is -2.30. The van der Waals surface area contributed by atoms with Crippen LogP contribution in [0, 0.1) is 10.1 Å². The van der Waals surface area contributed by atoms with Gasteiger partial charge in [-0.3, -0.25) is 19.7 Å². The first-order valence-corrected chi connectivity index (χ1v) is 7.46. The predicted molar refractivity (Wildman–Crippen MR) is 86.7 cm³/mol. The number of nitrogens with one attached hydrogen (secondary N) is 1. The van der Waals surface area contributed by atoms with Crippen LogP contribution in [0.5, 0.6) is 11.5 Å². The highest BCUT2D eigenvalue weighted by Gasteiger charge is 2.18. The maximum atomic E-state index is 12.2. The predicted octanol–water partition coefficient (Wildman–Crippen LogP) is 1.87. The Morgan fingerprint density at radius 3 is 2.68 bits per heavy atom. The second-order valence-electron chi connectivity index (χ2n) is 5.33. The molecule has 0 aliphatic carbocycles. The van der Waals surface area contributed by atoms with Gasteiger partial charge in [-0.15, -0.1) is 0 Å². The molecule has 1 aliphatic rings. The number of benzene rings is 2. The number of fused-ring (bicyclic) bond motifs is 1. The van der Waals surface area contributed by atoms with Gasteiger partial charge in [0.25, 0.3) is 5.69 Å². The molecule has 1 heterocycles. The summed E-state index contributed by atoms with van der Waals surface area (Å²) in [6, 6.07) is 10.8. The quantitative estimate of drug-likeness (QED) is 0.488. The van der Waals surface area contributed by atoms with Gasteiger partial charge < -0.3 is 14.8 Å². The molecule has 0 fully saturated rings. The van der Waals surface area contributed by atoms with Crippen molar-refractivity contribution in [1.82, 2.24) is 5.32 Å². The SMILES string of the molecule is O=C(Cc1ccccc1[N+](=O)[O-])NCC(=O)c1ccc2c(c1)OCO2. The topological polar surface area (TPSA) is 108 Å². The van der Waals surface area contributed by atoms with Crippen LogP contribution in [0.3, 0.4) is 0 Å². The summed E-state index contributed by atoms with van der Waals surface area (Å²) in [7, 11) is 0. The monoisotopic (exact) mass is 342 g/mol. The van der Waals surface area contributed by atoms with E-state index in [1.165, 1.54) is 18.2 Å². The van der Waals surface area contributed by atoms with E-state index in [1.54, 1.807) is 24.3 Å². The first kappa shape index (κ1) is 16.4. The fraction of sp³-hybridized carbons (Fsp3) is 0.176. The van der Waals surface area contributed by atoms with Crippen molar-refractivity contribution in [2.45, 2.75) is 6.42 Å². The summed E-state index contributed by atoms with van der Waals surface area (Å²) in [4.78, 5) is 34.5. The highest BCUT2D eigenvalue weighted by Crippen LogP contribution is 2.32. The van der Waals surface area contributed by atoms with E-state index in [9.17, 15) is 19.7 Å². The van der Waals surface area contributed by atoms with Gasteiger partial charge in [0.05, 0.1) is 17.9 Å². The lowest BCUT2D eigenvalue weighted by atomic mass is 10.1. The first-order valence-electron chi connectivity index (χ1n) is 7.46. The fourth-order valence-electron chi connectivity index (χ4n) is 2.42. The minimum Gasteiger partial charge on any atom is -0.454 e. The smallest absolute Gasteiger partial charge is 0.273 e. The number of nitro benzene ring substituents is 1. The molecule has 1 N–H and O–H groups in total. The molecule has 0 aromatic heterocycles. The maximum Gasteiger partial charge on any atom is 0.273 e. The van der Waals surface area contributed by atoms with Crippen LogP contribution in [0.1, 0.15) is 15.9 Å². The number of hydrogen-bond acceptors (Lipinski definition) is 6. The Morgan fingerprint density at radius 1 is 1.12 bits per heavy atom. The van der Waals surface area contributed by atoms with Gasteiger partial charge in [0.2, 0.25) is 12.7 Å². The van der Waals surface area contributed by atoms with Crippen molar-refractivity contribution in [3.8, 4) is 11.5 Å². The minimum atomic E-state index is -0.541. The van der Waals surface area contributed by atoms with Gasteiger partial charge in [0, 0.05) is 17.2 Å². The van der Waals surface area contributed by atoms with Crippen molar-refractivity contribution >= 4 is 17.4 Å². The van der Waals surface area contributed by atoms with Crippen molar-refractivity contribution in [1.29, 1.82) is 0 Å². The summed E-state index contributed by atoms with van der Waals surface area (Å²) < 4.78 is 10.4. The molecule has 3 rings (SSSR count). The molecule has 25 heavy (non-hydrogen) atoms. The Balaban J connectivity index is 1.59. The van der Waals surface area contributed by atoms with Crippen LogP contribution < -0.4 is 14.8 Å². The van der Waals surface area contributed by atoms with Crippen LogP contribution in [0.2, 0.25) is 0 Å². The number of carbonyl (C=O) groups excluding carboxylic acids is 2. The van der Waals surface area contributed by atoms with Crippen molar-refractivity contribution in [3.05, 3.63) is 63.7 Å². The summed E-state index contributed by atoms with van der Waals surface area (Å²) in [5.41, 5.74) is 0.551. The van der Waals surface area contributed by atoms with Gasteiger partial charge in [-0.1, -0.05) is 18.2 Å². The number of hydrogen-bond donors (Lipinski definition) is 1. The van der Waals surface area contributed by atoms with E-state index < -0.39 is 10.8 Å². The summed E-state index contributed by atoms with van der Waals surface area (Å²) in [5.74, 6) is 0.284. The lowest BCUT2D eigenvalue weighted by Gasteiger charge is -2.06. The number of ether oxygens (including phenoxy) is 2. The van der Waals surface area contributed by atoms with Crippen LogP contribution in [0.4, 0.5) is 5.69 Å². The van der Waals surface area contributed by atoms with Crippen LogP contribution in [0.25, 0.3) is 0 Å². The van der Waals surface area contributed by atoms with E-state index in [0.29, 0.717) is 22.6 Å². The Hall–Kier alpha value is -3.42. The van der Waals surface area contributed by atoms with E-state index in [0.717, 1.165) is 0 Å². The number of nitrogens with zero attached hydrogens (tertiary/aromatic N) is 1. The van der Waals surface area contributed by atoms with E-state index >= 15 is 0 Å². The zero-order valence-electron chi connectivity index (χ0n) is 13.1. The van der Waals surface area contributed by atoms with Gasteiger partial charge in [-0.05, 0) is 18.2 Å². The van der Waals surface area contributed by atoms with Crippen molar-refractivity contribution < 1.29 is 24.0 Å². The molecule has 0 radical (unpaired) electrons. The second kappa shape index (κ2) is 7.00. The average molecular weight is 342 g/mol. The largest absolute Gasteiger partial charge is 0.454 e. The Labute approximate surface area is 142 Å². The number of carbonyl (C=O) groups is 2. The second-order valence-corrected chi connectivity index (χ2v) is 5.33. The molecule has 8 nitrogen and oxygen atoms in total. The number of nitro groups is 1. The summed E-state index contributed by atoms with van der Waals surface area (Å²) in [6.07, 6.45) is -0.175. The van der Waals surface area contributed by atoms with E-state index in [4.69, 9.17) is 9.47 Å². The zero-order valence-corrected chi connectivity index (χ0v) is 13.1. The van der Waals surface area contributed by atoms with E-state index in [2.05, 4.69) is 5.32 Å². The number of para-hydroxylation sites is 1. The fourth-order valence-corrected chi connectivity index (χ4v) is 2.42. The average Bonchev–Trinajstić information content (AvgIpc) is 3.07. The van der Waals surface area contributed by atoms with Gasteiger partial charge in [-0.2, -0.15) is 0 Å². The molecule has 0 bridgehead atoms. The van der Waals surface area contributed by atoms with Crippen molar-refractivity contribution in [3.63, 3.8) is 0 Å². The molecule has 2 aromatic carbocycles. The highest BCUT2D eigenvalue weighted by molar-refractivity contribution is 6.00. The van der Waals surface area contributed by atoms with Crippen LogP contribution >= 0.6 is 0 Å². The normalized spacial score (nSPS) is 11.8. The standard InChI is InChI=1S/C17H14N2O6/c20-14(12-5-6-15-16(7-12)25-10-24-15)9-18-17(21)8-11-3-1-2-4-13(11)19(22)23/h1-7H,8-10H2,(H,18,21). The molecule has 1 aliphatic heterocycles. The van der Waals surface area contributed by atoms with E-state index in [1.807, 2.05) is 0 Å². The summed E-state index contributed by atoms with van der Waals surface area (Å²) in [5, 5.41) is 13.4. The third kappa shape index (κ3) is 3.74. The molecular formula is C17H14N2O6. The highest BCUT2D eigenvalue weighted by atomic mass is 16.7. The molecule has 128 valence electrons. The first-order chi connectivity index (χ1) is 12.0. The zero-order chi connectivity index (χ0) is 17.8. The molecule has 0 unspecified atom stereocenters. The third-order valence-corrected chi connectivity index (χ3v) is 3.68. The van der Waals surface area contributed by atoms with Crippen molar-refractivity contribution in [2.24, 2.45) is 0 Å². The third-order valence-electron chi connectivity index (χ3n) is 3.68. The lowest BCUT2D eigenvalue weighted by molar-refractivity contribution is -0.385. The summed E-state index contributed by atoms with van der Waals surface area (Å²) >= 11 is 0. The molecule has 1 amide bonds. The molecular weight excluding hydrogens is 328 g/mol. The minimum absolute atomic E-state index is 0.111. The van der Waals surface area contributed by atoms with Crippen molar-refractivity contribution in [2.75, 3.05) is 13.3 Å². The Kier molecular flexibility index (Phi) is 4.60. The number of ketones is 1.